The summed E-state index contributed by atoms with van der Waals surface area (Å²) in [5.41, 5.74) is 1.09. The molecule has 1 aliphatic rings. The quantitative estimate of drug-likeness (QED) is 0.467. The SMILES string of the molecule is O=C(ON=C1CCCC1)c1ccc([N+](=O)[O-])cc1. The predicted octanol–water partition coefficient (Wildman–Crippen LogP) is 2.68. The van der Waals surface area contributed by atoms with Gasteiger partial charge in [0.25, 0.3) is 5.69 Å². The van der Waals surface area contributed by atoms with E-state index in [1.807, 2.05) is 0 Å². The number of oxime groups is 1. The third-order valence-electron chi connectivity index (χ3n) is 2.75. The highest BCUT2D eigenvalue weighted by Gasteiger charge is 2.13. The molecule has 18 heavy (non-hydrogen) atoms. The number of carbonyl (C=O) groups excluding carboxylic acids is 1. The van der Waals surface area contributed by atoms with E-state index in [2.05, 4.69) is 5.16 Å². The lowest BCUT2D eigenvalue weighted by Gasteiger charge is -1.99. The molecule has 0 spiro atoms. The molecule has 6 nitrogen and oxygen atoms in total. The molecule has 1 aromatic carbocycles. The standard InChI is InChI=1S/C12H12N2O4/c15-12(18-13-10-3-1-2-4-10)9-5-7-11(8-6-9)14(16)17/h5-8H,1-4H2. The van der Waals surface area contributed by atoms with Crippen LogP contribution in [0.2, 0.25) is 0 Å². The molecule has 0 N–H and O–H groups in total. The molecular formula is C12H12N2O4. The van der Waals surface area contributed by atoms with Crippen LogP contribution in [-0.4, -0.2) is 16.6 Å². The van der Waals surface area contributed by atoms with Gasteiger partial charge in [-0.05, 0) is 37.8 Å². The van der Waals surface area contributed by atoms with Gasteiger partial charge in [0.15, 0.2) is 0 Å². The van der Waals surface area contributed by atoms with Gasteiger partial charge in [-0.15, -0.1) is 0 Å². The van der Waals surface area contributed by atoms with Crippen LogP contribution >= 0.6 is 0 Å². The molecule has 1 saturated carbocycles. The summed E-state index contributed by atoms with van der Waals surface area (Å²) in [6, 6.07) is 5.24. The van der Waals surface area contributed by atoms with Crippen LogP contribution in [0.1, 0.15) is 36.0 Å². The predicted molar refractivity (Wildman–Crippen MR) is 64.4 cm³/mol. The molecule has 0 unspecified atom stereocenters. The average molecular weight is 248 g/mol. The second-order valence-corrected chi connectivity index (χ2v) is 4.05. The summed E-state index contributed by atoms with van der Waals surface area (Å²) in [5, 5.41) is 14.2. The Morgan fingerprint density at radius 1 is 1.22 bits per heavy atom. The molecule has 0 atom stereocenters. The molecule has 0 radical (unpaired) electrons. The maximum absolute atomic E-state index is 11.6. The third kappa shape index (κ3) is 2.91. The van der Waals surface area contributed by atoms with E-state index >= 15 is 0 Å². The molecule has 2 rings (SSSR count). The van der Waals surface area contributed by atoms with Crippen LogP contribution in [0.4, 0.5) is 5.69 Å². The monoisotopic (exact) mass is 248 g/mol. The zero-order chi connectivity index (χ0) is 13.0. The van der Waals surface area contributed by atoms with Gasteiger partial charge in [-0.2, -0.15) is 0 Å². The number of hydrogen-bond donors (Lipinski definition) is 0. The van der Waals surface area contributed by atoms with Crippen molar-refractivity contribution in [3.8, 4) is 0 Å². The highest BCUT2D eigenvalue weighted by molar-refractivity contribution is 5.91. The third-order valence-corrected chi connectivity index (χ3v) is 2.75. The van der Waals surface area contributed by atoms with E-state index < -0.39 is 10.9 Å². The van der Waals surface area contributed by atoms with E-state index in [9.17, 15) is 14.9 Å². The minimum atomic E-state index is -0.593. The second-order valence-electron chi connectivity index (χ2n) is 4.05. The van der Waals surface area contributed by atoms with Crippen molar-refractivity contribution in [2.24, 2.45) is 5.16 Å². The van der Waals surface area contributed by atoms with Crippen molar-refractivity contribution in [1.29, 1.82) is 0 Å². The van der Waals surface area contributed by atoms with Crippen LogP contribution in [0.3, 0.4) is 0 Å². The van der Waals surface area contributed by atoms with Crippen LogP contribution in [0.5, 0.6) is 0 Å². The van der Waals surface area contributed by atoms with Gasteiger partial charge in [-0.3, -0.25) is 10.1 Å². The smallest absolute Gasteiger partial charge is 0.313 e. The van der Waals surface area contributed by atoms with Gasteiger partial charge in [-0.1, -0.05) is 5.16 Å². The zero-order valence-electron chi connectivity index (χ0n) is 9.67. The molecule has 94 valence electrons. The molecule has 0 saturated heterocycles. The fourth-order valence-electron chi connectivity index (χ4n) is 1.75. The van der Waals surface area contributed by atoms with E-state index in [0.29, 0.717) is 0 Å². The molecule has 1 fully saturated rings. The lowest BCUT2D eigenvalue weighted by Crippen LogP contribution is -2.03. The number of nitro benzene ring substituents is 1. The van der Waals surface area contributed by atoms with Crippen molar-refractivity contribution < 1.29 is 14.6 Å². The van der Waals surface area contributed by atoms with Gasteiger partial charge in [0.1, 0.15) is 0 Å². The number of nitro groups is 1. The van der Waals surface area contributed by atoms with E-state index in [-0.39, 0.29) is 11.3 Å². The van der Waals surface area contributed by atoms with E-state index in [1.54, 1.807) is 0 Å². The second kappa shape index (κ2) is 5.39. The van der Waals surface area contributed by atoms with Crippen molar-refractivity contribution in [3.05, 3.63) is 39.9 Å². The summed E-state index contributed by atoms with van der Waals surface area (Å²) in [5.74, 6) is -0.593. The van der Waals surface area contributed by atoms with Crippen LogP contribution in [0.15, 0.2) is 29.4 Å². The van der Waals surface area contributed by atoms with Crippen molar-refractivity contribution in [2.45, 2.75) is 25.7 Å². The minimum absolute atomic E-state index is 0.0614. The summed E-state index contributed by atoms with van der Waals surface area (Å²) in [4.78, 5) is 26.3. The van der Waals surface area contributed by atoms with Crippen LogP contribution < -0.4 is 0 Å². The van der Waals surface area contributed by atoms with E-state index in [4.69, 9.17) is 4.84 Å². The van der Waals surface area contributed by atoms with Crippen LogP contribution in [-0.2, 0) is 4.84 Å². The Morgan fingerprint density at radius 3 is 2.39 bits per heavy atom. The maximum atomic E-state index is 11.6. The van der Waals surface area contributed by atoms with Gasteiger partial charge in [0.05, 0.1) is 16.2 Å². The Morgan fingerprint density at radius 2 is 1.83 bits per heavy atom. The topological polar surface area (TPSA) is 81.8 Å². The number of nitrogens with zero attached hydrogens (tertiary/aromatic N) is 2. The number of non-ortho nitro benzene ring substituents is 1. The molecule has 0 aliphatic heterocycles. The van der Waals surface area contributed by atoms with E-state index in [0.717, 1.165) is 31.4 Å². The minimum Gasteiger partial charge on any atom is -0.313 e. The van der Waals surface area contributed by atoms with Crippen molar-refractivity contribution >= 4 is 17.4 Å². The van der Waals surface area contributed by atoms with Gasteiger partial charge >= 0.3 is 5.97 Å². The van der Waals surface area contributed by atoms with Crippen molar-refractivity contribution in [2.75, 3.05) is 0 Å². The molecule has 1 aromatic rings. The molecule has 0 bridgehead atoms. The van der Waals surface area contributed by atoms with Gasteiger partial charge in [0.2, 0.25) is 0 Å². The van der Waals surface area contributed by atoms with Gasteiger partial charge in [0, 0.05) is 12.1 Å². The highest BCUT2D eigenvalue weighted by Crippen LogP contribution is 2.16. The summed E-state index contributed by atoms with van der Waals surface area (Å²) in [6.45, 7) is 0. The Kier molecular flexibility index (Phi) is 3.66. The first-order valence-electron chi connectivity index (χ1n) is 5.68. The zero-order valence-corrected chi connectivity index (χ0v) is 9.67. The maximum Gasteiger partial charge on any atom is 0.365 e. The summed E-state index contributed by atoms with van der Waals surface area (Å²) < 4.78 is 0. The first-order chi connectivity index (χ1) is 8.66. The molecule has 0 amide bonds. The Labute approximate surface area is 103 Å². The van der Waals surface area contributed by atoms with Crippen molar-refractivity contribution in [3.63, 3.8) is 0 Å². The number of carbonyl (C=O) groups is 1. The van der Waals surface area contributed by atoms with E-state index in [1.165, 1.54) is 24.3 Å². The normalized spacial score (nSPS) is 14.3. The molecule has 0 aromatic heterocycles. The largest absolute Gasteiger partial charge is 0.365 e. The first-order valence-corrected chi connectivity index (χ1v) is 5.68. The molecule has 1 aliphatic carbocycles. The van der Waals surface area contributed by atoms with Crippen LogP contribution in [0.25, 0.3) is 0 Å². The summed E-state index contributed by atoms with van der Waals surface area (Å²) in [7, 11) is 0. The van der Waals surface area contributed by atoms with Crippen molar-refractivity contribution in [1.82, 2.24) is 0 Å². The summed E-state index contributed by atoms with van der Waals surface area (Å²) in [6.07, 6.45) is 3.89. The number of rotatable bonds is 3. The fourth-order valence-corrected chi connectivity index (χ4v) is 1.75. The number of benzene rings is 1. The summed E-state index contributed by atoms with van der Waals surface area (Å²) >= 11 is 0. The first kappa shape index (κ1) is 12.2. The van der Waals surface area contributed by atoms with Gasteiger partial charge < -0.3 is 4.84 Å². The average Bonchev–Trinajstić information content (AvgIpc) is 2.89. The Hall–Kier alpha value is -2.24. The fraction of sp³-hybridized carbons (Fsp3) is 0.333. The molecule has 6 heteroatoms. The molecular weight excluding hydrogens is 236 g/mol. The Bertz CT molecular complexity index is 485. The lowest BCUT2D eigenvalue weighted by molar-refractivity contribution is -0.384. The number of hydrogen-bond acceptors (Lipinski definition) is 5. The van der Waals surface area contributed by atoms with Crippen LogP contribution in [0, 0.1) is 10.1 Å². The highest BCUT2D eigenvalue weighted by atomic mass is 16.7. The lowest BCUT2D eigenvalue weighted by atomic mass is 10.2. The molecule has 0 heterocycles. The Balaban J connectivity index is 2.00. The van der Waals surface area contributed by atoms with Gasteiger partial charge in [-0.25, -0.2) is 4.79 Å².